The van der Waals surface area contributed by atoms with Crippen LogP contribution in [0, 0.1) is 11.3 Å². The van der Waals surface area contributed by atoms with Gasteiger partial charge in [-0.05, 0) is 46.3 Å². The second-order valence-corrected chi connectivity index (χ2v) is 8.70. The highest BCUT2D eigenvalue weighted by Crippen LogP contribution is 2.31. The average molecular weight is 426 g/mol. The number of hydrogen-bond acceptors (Lipinski definition) is 4. The normalized spacial score (nSPS) is 23.2. The van der Waals surface area contributed by atoms with Crippen molar-refractivity contribution < 1.29 is 8.42 Å². The lowest BCUT2D eigenvalue weighted by Gasteiger charge is -2.21. The van der Waals surface area contributed by atoms with E-state index in [9.17, 15) is 13.7 Å². The first-order valence-corrected chi connectivity index (χ1v) is 9.59. The third-order valence-corrected chi connectivity index (χ3v) is 6.94. The van der Waals surface area contributed by atoms with Crippen LogP contribution in [0.3, 0.4) is 0 Å². The summed E-state index contributed by atoms with van der Waals surface area (Å²) in [6.45, 7) is 0. The Balaban J connectivity index is 2.35. The van der Waals surface area contributed by atoms with Crippen LogP contribution >= 0.6 is 43.6 Å². The lowest BCUT2D eigenvalue weighted by molar-refractivity contribution is 0.514. The lowest BCUT2D eigenvalue weighted by atomic mass is 10.0. The zero-order valence-corrected chi connectivity index (χ0v) is 14.5. The van der Waals surface area contributed by atoms with Crippen molar-refractivity contribution in [2.24, 2.45) is 0 Å². The van der Waals surface area contributed by atoms with Gasteiger partial charge in [0.05, 0.1) is 11.0 Å². The minimum absolute atomic E-state index is 0.141. The minimum atomic E-state index is -3.72. The van der Waals surface area contributed by atoms with Crippen LogP contribution in [-0.2, 0) is 10.0 Å². The highest BCUT2D eigenvalue weighted by atomic mass is 79.9. The summed E-state index contributed by atoms with van der Waals surface area (Å²) in [5.74, 6) is 1.27. The first-order chi connectivity index (χ1) is 8.88. The number of thioether (sulfide) groups is 1. The molecule has 2 rings (SSSR count). The van der Waals surface area contributed by atoms with Crippen molar-refractivity contribution in [1.29, 1.82) is 5.26 Å². The zero-order chi connectivity index (χ0) is 14.1. The Labute approximate surface area is 133 Å². The Morgan fingerprint density at radius 2 is 2.16 bits per heavy atom. The summed E-state index contributed by atoms with van der Waals surface area (Å²) in [4.78, 5) is 0.141. The van der Waals surface area contributed by atoms with Crippen molar-refractivity contribution in [2.45, 2.75) is 16.9 Å². The van der Waals surface area contributed by atoms with Gasteiger partial charge in [0, 0.05) is 14.7 Å². The van der Waals surface area contributed by atoms with Crippen LogP contribution in [0.2, 0.25) is 0 Å². The van der Waals surface area contributed by atoms with Crippen LogP contribution < -0.4 is 4.72 Å². The highest BCUT2D eigenvalue weighted by molar-refractivity contribution is 9.11. The van der Waals surface area contributed by atoms with E-state index in [2.05, 4.69) is 42.7 Å². The molecule has 0 saturated carbocycles. The Bertz CT molecular complexity index is 635. The number of hydrogen-bond donors (Lipinski definition) is 1. The third kappa shape index (κ3) is 3.34. The van der Waals surface area contributed by atoms with Crippen LogP contribution in [0.5, 0.6) is 0 Å². The second-order valence-electron chi connectivity index (χ2n) is 4.18. The molecule has 0 aromatic heterocycles. The van der Waals surface area contributed by atoms with Gasteiger partial charge in [-0.1, -0.05) is 15.9 Å². The number of nitrogens with one attached hydrogen (secondary N) is 1. The number of rotatable bonds is 3. The largest absolute Gasteiger partial charge is 0.243 e. The molecule has 1 aromatic carbocycles. The smallest absolute Gasteiger partial charge is 0.207 e. The predicted molar refractivity (Wildman–Crippen MR) is 82.4 cm³/mol. The van der Waals surface area contributed by atoms with Crippen LogP contribution in [0.25, 0.3) is 0 Å². The third-order valence-electron chi connectivity index (χ3n) is 2.75. The van der Waals surface area contributed by atoms with Crippen molar-refractivity contribution in [1.82, 2.24) is 4.72 Å². The van der Waals surface area contributed by atoms with Gasteiger partial charge in [-0.2, -0.15) is 21.7 Å². The van der Waals surface area contributed by atoms with E-state index in [1.165, 1.54) is 6.07 Å². The molecule has 0 bridgehead atoms. The maximum atomic E-state index is 12.4. The Hall–Kier alpha value is -0.0700. The summed E-state index contributed by atoms with van der Waals surface area (Å²) in [5.41, 5.74) is -0.990. The summed E-state index contributed by atoms with van der Waals surface area (Å²) >= 11 is 8.09. The predicted octanol–water partition coefficient (Wildman–Crippen LogP) is 2.89. The number of halogens is 2. The second kappa shape index (κ2) is 5.74. The summed E-state index contributed by atoms with van der Waals surface area (Å²) in [6, 6.07) is 6.92. The minimum Gasteiger partial charge on any atom is -0.207 e. The maximum Gasteiger partial charge on any atom is 0.243 e. The molecule has 19 heavy (non-hydrogen) atoms. The topological polar surface area (TPSA) is 70.0 Å². The van der Waals surface area contributed by atoms with E-state index in [1.807, 2.05) is 0 Å². The molecule has 1 N–H and O–H groups in total. The quantitative estimate of drug-likeness (QED) is 0.808. The van der Waals surface area contributed by atoms with Gasteiger partial charge in [0.15, 0.2) is 0 Å². The Kier molecular flexibility index (Phi) is 4.63. The van der Waals surface area contributed by atoms with Crippen molar-refractivity contribution in [3.63, 3.8) is 0 Å². The molecule has 0 spiro atoms. The fraction of sp³-hybridized carbons (Fsp3) is 0.364. The van der Waals surface area contributed by atoms with Gasteiger partial charge >= 0.3 is 0 Å². The van der Waals surface area contributed by atoms with E-state index in [0.717, 1.165) is 10.2 Å². The van der Waals surface area contributed by atoms with Crippen molar-refractivity contribution in [3.05, 3.63) is 27.1 Å². The van der Waals surface area contributed by atoms with Crippen molar-refractivity contribution >= 4 is 53.6 Å². The maximum absolute atomic E-state index is 12.4. The molecule has 102 valence electrons. The van der Waals surface area contributed by atoms with E-state index in [0.29, 0.717) is 16.6 Å². The molecular formula is C11H10Br2N2O2S2. The number of nitrogens with zero attached hydrogens (tertiary/aromatic N) is 1. The molecule has 8 heteroatoms. The van der Waals surface area contributed by atoms with Gasteiger partial charge < -0.3 is 0 Å². The first-order valence-electron chi connectivity index (χ1n) is 5.37. The zero-order valence-electron chi connectivity index (χ0n) is 9.69. The molecule has 0 radical (unpaired) electrons. The van der Waals surface area contributed by atoms with Gasteiger partial charge in [0.25, 0.3) is 0 Å². The van der Waals surface area contributed by atoms with E-state index in [-0.39, 0.29) is 4.90 Å². The van der Waals surface area contributed by atoms with Crippen LogP contribution in [0.1, 0.15) is 6.42 Å². The van der Waals surface area contributed by atoms with E-state index >= 15 is 0 Å². The monoisotopic (exact) mass is 424 g/mol. The van der Waals surface area contributed by atoms with Gasteiger partial charge in [-0.15, -0.1) is 0 Å². The van der Waals surface area contributed by atoms with Crippen LogP contribution in [0.15, 0.2) is 32.0 Å². The van der Waals surface area contributed by atoms with Crippen LogP contribution in [-0.4, -0.2) is 25.5 Å². The average Bonchev–Trinajstić information content (AvgIpc) is 2.77. The summed E-state index contributed by atoms with van der Waals surface area (Å²) in [6.07, 6.45) is 0.529. The van der Waals surface area contributed by atoms with E-state index < -0.39 is 15.6 Å². The molecule has 4 nitrogen and oxygen atoms in total. The van der Waals surface area contributed by atoms with Crippen molar-refractivity contribution in [2.75, 3.05) is 11.5 Å². The molecular weight excluding hydrogens is 416 g/mol. The number of benzene rings is 1. The molecule has 0 aliphatic carbocycles. The summed E-state index contributed by atoms with van der Waals surface area (Å²) in [7, 11) is -3.72. The highest BCUT2D eigenvalue weighted by Gasteiger charge is 2.39. The molecule has 1 heterocycles. The lowest BCUT2D eigenvalue weighted by Crippen LogP contribution is -2.47. The number of sulfonamides is 1. The molecule has 1 aromatic rings. The van der Waals surface area contributed by atoms with Gasteiger partial charge in [0.2, 0.25) is 10.0 Å². The fourth-order valence-corrected chi connectivity index (χ4v) is 6.21. The molecule has 1 fully saturated rings. The van der Waals surface area contributed by atoms with E-state index in [4.69, 9.17) is 0 Å². The molecule has 1 atom stereocenters. The molecule has 1 aliphatic rings. The Morgan fingerprint density at radius 3 is 2.68 bits per heavy atom. The molecule has 1 saturated heterocycles. The molecule has 0 amide bonds. The van der Waals surface area contributed by atoms with Gasteiger partial charge in [-0.25, -0.2) is 8.42 Å². The fourth-order valence-electron chi connectivity index (χ4n) is 1.76. The SMILES string of the molecule is N#C[C@]1(NS(=O)(=O)c2ccc(Br)cc2Br)CCSC1. The first kappa shape index (κ1) is 15.3. The van der Waals surface area contributed by atoms with Crippen LogP contribution in [0.4, 0.5) is 0 Å². The Morgan fingerprint density at radius 1 is 1.42 bits per heavy atom. The summed E-state index contributed by atoms with van der Waals surface area (Å²) < 4.78 is 28.5. The van der Waals surface area contributed by atoms with Gasteiger partial charge in [-0.3, -0.25) is 0 Å². The number of nitriles is 1. The molecule has 1 aliphatic heterocycles. The summed E-state index contributed by atoms with van der Waals surface area (Å²) in [5, 5.41) is 9.23. The molecule has 0 unspecified atom stereocenters. The van der Waals surface area contributed by atoms with Crippen molar-refractivity contribution in [3.8, 4) is 6.07 Å². The van der Waals surface area contributed by atoms with Gasteiger partial charge in [0.1, 0.15) is 5.54 Å². The van der Waals surface area contributed by atoms with E-state index in [1.54, 1.807) is 23.9 Å². The standard InChI is InChI=1S/C11H10Br2N2O2S2/c12-8-1-2-10(9(13)5-8)19(16,17)15-11(6-14)3-4-18-7-11/h1-2,5,15H,3-4,7H2/t11-/m1/s1.